The van der Waals surface area contributed by atoms with Gasteiger partial charge >= 0.3 is 0 Å². The summed E-state index contributed by atoms with van der Waals surface area (Å²) in [6, 6.07) is 1.99. The molecule has 2 aromatic rings. The Morgan fingerprint density at radius 3 is 2.45 bits per heavy atom. The number of halogens is 2. The van der Waals surface area contributed by atoms with Crippen molar-refractivity contribution in [1.82, 2.24) is 15.5 Å². The van der Waals surface area contributed by atoms with Gasteiger partial charge < -0.3 is 10.1 Å². The zero-order chi connectivity index (χ0) is 21.6. The molecule has 0 radical (unpaired) electrons. The number of nitrogens with zero attached hydrogens (tertiary/aromatic N) is 2. The van der Waals surface area contributed by atoms with Crippen molar-refractivity contribution in [1.29, 1.82) is 0 Å². The number of benzene rings is 1. The molecule has 2 rings (SSSR count). The van der Waals surface area contributed by atoms with Gasteiger partial charge in [-0.1, -0.05) is 32.1 Å². The summed E-state index contributed by atoms with van der Waals surface area (Å²) in [5, 5.41) is 13.9. The summed E-state index contributed by atoms with van der Waals surface area (Å²) in [6.07, 6.45) is 1.11. The van der Waals surface area contributed by atoms with E-state index in [1.54, 1.807) is 6.92 Å². The predicted molar refractivity (Wildman–Crippen MR) is 105 cm³/mol. The number of nitrogens with one attached hydrogen (secondary N) is 2. The van der Waals surface area contributed by atoms with Crippen molar-refractivity contribution >= 4 is 34.6 Å². The molecule has 1 unspecified atom stereocenters. The second-order valence-electron chi connectivity index (χ2n) is 7.14. The van der Waals surface area contributed by atoms with Crippen molar-refractivity contribution in [2.24, 2.45) is 0 Å². The number of anilines is 1. The predicted octanol–water partition coefficient (Wildman–Crippen LogP) is 2.76. The molecule has 1 aromatic carbocycles. The van der Waals surface area contributed by atoms with Crippen LogP contribution in [0.2, 0.25) is 0 Å². The average Bonchev–Trinajstić information content (AvgIpc) is 3.08. The molecule has 2 amide bonds. The molecule has 0 saturated carbocycles. The van der Waals surface area contributed by atoms with E-state index in [4.69, 9.17) is 0 Å². The summed E-state index contributed by atoms with van der Waals surface area (Å²) in [7, 11) is 0. The number of aldehydes is 1. The largest absolute Gasteiger partial charge is 0.344 e. The zero-order valence-electron chi connectivity index (χ0n) is 16.3. The Morgan fingerprint density at radius 2 is 1.86 bits per heavy atom. The minimum atomic E-state index is -0.851. The first kappa shape index (κ1) is 22.5. The number of carbonyl (C=O) groups is 3. The van der Waals surface area contributed by atoms with E-state index in [9.17, 15) is 23.2 Å². The van der Waals surface area contributed by atoms with E-state index in [0.717, 1.165) is 35.8 Å². The molecule has 1 heterocycles. The van der Waals surface area contributed by atoms with E-state index in [-0.39, 0.29) is 23.5 Å². The third-order valence-corrected chi connectivity index (χ3v) is 5.38. The van der Waals surface area contributed by atoms with Gasteiger partial charge in [-0.25, -0.2) is 8.78 Å². The molecule has 0 fully saturated rings. The molecule has 0 aliphatic carbocycles. The molecular formula is C19H22F2N4O3S. The number of amides is 2. The van der Waals surface area contributed by atoms with Crippen LogP contribution < -0.4 is 10.6 Å². The highest BCUT2D eigenvalue weighted by Gasteiger charge is 2.26. The lowest BCUT2D eigenvalue weighted by atomic mass is 9.91. The summed E-state index contributed by atoms with van der Waals surface area (Å²) in [6.45, 7) is 5.40. The quantitative estimate of drug-likeness (QED) is 0.603. The second kappa shape index (κ2) is 9.64. The highest BCUT2D eigenvalue weighted by Crippen LogP contribution is 2.30. The molecule has 156 valence electrons. The van der Waals surface area contributed by atoms with Crippen LogP contribution in [0.1, 0.15) is 44.2 Å². The Bertz CT molecular complexity index is 881. The second-order valence-corrected chi connectivity index (χ2v) is 8.12. The van der Waals surface area contributed by atoms with Crippen LogP contribution in [0.15, 0.2) is 18.2 Å². The SMILES string of the molecule is CCC(NC(=O)Cc1cc(F)cc(F)c1)C(=O)Nc1nnc(C(C)(C)CC=O)s1. The van der Waals surface area contributed by atoms with Crippen molar-refractivity contribution in [2.75, 3.05) is 5.32 Å². The average molecular weight is 424 g/mol. The van der Waals surface area contributed by atoms with E-state index in [2.05, 4.69) is 20.8 Å². The maximum absolute atomic E-state index is 13.2. The number of rotatable bonds is 9. The van der Waals surface area contributed by atoms with Crippen LogP contribution >= 0.6 is 11.3 Å². The minimum Gasteiger partial charge on any atom is -0.344 e. The molecular weight excluding hydrogens is 402 g/mol. The lowest BCUT2D eigenvalue weighted by Crippen LogP contribution is -2.44. The van der Waals surface area contributed by atoms with Crippen LogP contribution in [-0.2, 0) is 26.2 Å². The van der Waals surface area contributed by atoms with E-state index in [0.29, 0.717) is 11.4 Å². The third kappa shape index (κ3) is 6.38. The third-order valence-electron chi connectivity index (χ3n) is 4.17. The van der Waals surface area contributed by atoms with Crippen LogP contribution in [0, 0.1) is 11.6 Å². The summed E-state index contributed by atoms with van der Waals surface area (Å²) < 4.78 is 26.5. The molecule has 0 spiro atoms. The summed E-state index contributed by atoms with van der Waals surface area (Å²) >= 11 is 1.15. The number of aromatic nitrogens is 2. The van der Waals surface area contributed by atoms with Gasteiger partial charge in [0.2, 0.25) is 16.9 Å². The Balaban J connectivity index is 1.99. The van der Waals surface area contributed by atoms with Crippen LogP contribution in [0.4, 0.5) is 13.9 Å². The monoisotopic (exact) mass is 424 g/mol. The maximum atomic E-state index is 13.2. The molecule has 0 aliphatic rings. The molecule has 10 heteroatoms. The van der Waals surface area contributed by atoms with Crippen molar-refractivity contribution < 1.29 is 23.2 Å². The molecule has 0 bridgehead atoms. The highest BCUT2D eigenvalue weighted by molar-refractivity contribution is 7.15. The summed E-state index contributed by atoms with van der Waals surface area (Å²) in [5.41, 5.74) is -0.331. The van der Waals surface area contributed by atoms with Gasteiger partial charge in [0.1, 0.15) is 29.0 Å². The first-order valence-corrected chi connectivity index (χ1v) is 9.79. The maximum Gasteiger partial charge on any atom is 0.248 e. The van der Waals surface area contributed by atoms with Gasteiger partial charge in [-0.3, -0.25) is 14.9 Å². The molecule has 2 N–H and O–H groups in total. The molecule has 0 saturated heterocycles. The van der Waals surface area contributed by atoms with Crippen LogP contribution in [0.5, 0.6) is 0 Å². The summed E-state index contributed by atoms with van der Waals surface area (Å²) in [4.78, 5) is 35.4. The van der Waals surface area contributed by atoms with Crippen LogP contribution in [0.25, 0.3) is 0 Å². The zero-order valence-corrected chi connectivity index (χ0v) is 17.1. The van der Waals surface area contributed by atoms with Crippen LogP contribution in [-0.4, -0.2) is 34.3 Å². The normalized spacial score (nSPS) is 12.3. The lowest BCUT2D eigenvalue weighted by Gasteiger charge is -2.17. The minimum absolute atomic E-state index is 0.168. The van der Waals surface area contributed by atoms with Gasteiger partial charge in [-0.05, 0) is 24.1 Å². The van der Waals surface area contributed by atoms with Gasteiger partial charge in [0.05, 0.1) is 6.42 Å². The van der Waals surface area contributed by atoms with Crippen LogP contribution in [0.3, 0.4) is 0 Å². The van der Waals surface area contributed by atoms with Crippen molar-refractivity contribution in [2.45, 2.75) is 51.5 Å². The smallest absolute Gasteiger partial charge is 0.248 e. The fourth-order valence-electron chi connectivity index (χ4n) is 2.53. The Morgan fingerprint density at radius 1 is 1.21 bits per heavy atom. The molecule has 7 nitrogen and oxygen atoms in total. The van der Waals surface area contributed by atoms with E-state index in [1.807, 2.05) is 13.8 Å². The Kier molecular flexibility index (Phi) is 7.49. The number of hydrogen-bond donors (Lipinski definition) is 2. The van der Waals surface area contributed by atoms with Gasteiger partial charge in [0, 0.05) is 17.9 Å². The van der Waals surface area contributed by atoms with Gasteiger partial charge in [0.15, 0.2) is 0 Å². The topological polar surface area (TPSA) is 101 Å². The molecule has 0 aliphatic heterocycles. The van der Waals surface area contributed by atoms with Gasteiger partial charge in [-0.15, -0.1) is 10.2 Å². The first-order valence-electron chi connectivity index (χ1n) is 8.97. The van der Waals surface area contributed by atoms with Gasteiger partial charge in [-0.2, -0.15) is 0 Å². The molecule has 1 aromatic heterocycles. The van der Waals surface area contributed by atoms with Gasteiger partial charge in [0.25, 0.3) is 0 Å². The number of hydrogen-bond acceptors (Lipinski definition) is 6. The van der Waals surface area contributed by atoms with Crippen molar-refractivity contribution in [3.05, 3.63) is 40.4 Å². The molecule has 29 heavy (non-hydrogen) atoms. The highest BCUT2D eigenvalue weighted by atomic mass is 32.1. The lowest BCUT2D eigenvalue weighted by molar-refractivity contribution is -0.126. The van der Waals surface area contributed by atoms with E-state index >= 15 is 0 Å². The summed E-state index contributed by atoms with van der Waals surface area (Å²) in [5.74, 6) is -2.58. The fourth-order valence-corrected chi connectivity index (χ4v) is 3.39. The number of carbonyl (C=O) groups excluding carboxylic acids is 3. The van der Waals surface area contributed by atoms with E-state index in [1.165, 1.54) is 0 Å². The fraction of sp³-hybridized carbons (Fsp3) is 0.421. The van der Waals surface area contributed by atoms with Crippen molar-refractivity contribution in [3.8, 4) is 0 Å². The Labute approximate surface area is 170 Å². The first-order chi connectivity index (χ1) is 13.6. The Hall–Kier alpha value is -2.75. The molecule has 1 atom stereocenters. The standard InChI is InChI=1S/C19H22F2N4O3S/c1-4-14(22-15(27)9-11-7-12(20)10-13(21)8-11)16(28)23-18-25-24-17(29-18)19(2,3)5-6-26/h6-8,10,14H,4-5,9H2,1-3H3,(H,22,27)(H,23,25,28). The van der Waals surface area contributed by atoms with E-state index < -0.39 is 34.9 Å². The van der Waals surface area contributed by atoms with Crippen molar-refractivity contribution in [3.63, 3.8) is 0 Å².